The van der Waals surface area contributed by atoms with Crippen LogP contribution in [0.25, 0.3) is 11.3 Å². The second-order valence-corrected chi connectivity index (χ2v) is 11.6. The zero-order valence-electron chi connectivity index (χ0n) is 17.4. The first-order valence-electron chi connectivity index (χ1n) is 9.68. The zero-order chi connectivity index (χ0) is 19.8. The Morgan fingerprint density at radius 2 is 1.56 bits per heavy atom. The molecule has 2 aromatic rings. The van der Waals surface area contributed by atoms with Crippen molar-refractivity contribution >= 4 is 23.1 Å². The van der Waals surface area contributed by atoms with Gasteiger partial charge in [-0.05, 0) is 23.0 Å². The fourth-order valence-electron chi connectivity index (χ4n) is 3.39. The molecule has 1 aliphatic rings. The molecule has 0 spiro atoms. The maximum atomic E-state index is 10.9. The molecule has 5 heteroatoms. The molecule has 1 aromatic heterocycles. The standard InChI is InChI=1S/C22H32N2OS2/c1-21(2,3)16-11-15(12-17(20(16)25)22(4,5)6)18-14-27-19(23-18)13-24-7-9-26-10-8-24/h11-12,14,25H,7-10,13H2,1-6H3. The number of rotatable bonds is 3. The van der Waals surface area contributed by atoms with E-state index in [0.29, 0.717) is 5.75 Å². The summed E-state index contributed by atoms with van der Waals surface area (Å²) < 4.78 is 0. The van der Waals surface area contributed by atoms with Gasteiger partial charge in [0, 0.05) is 46.7 Å². The largest absolute Gasteiger partial charge is 0.507 e. The zero-order valence-corrected chi connectivity index (χ0v) is 19.1. The van der Waals surface area contributed by atoms with Crippen molar-refractivity contribution in [2.45, 2.75) is 58.9 Å². The van der Waals surface area contributed by atoms with Crippen LogP contribution in [0.1, 0.15) is 57.7 Å². The summed E-state index contributed by atoms with van der Waals surface area (Å²) in [5, 5.41) is 14.3. The van der Waals surface area contributed by atoms with Crippen molar-refractivity contribution in [1.82, 2.24) is 9.88 Å². The van der Waals surface area contributed by atoms with Crippen LogP contribution >= 0.6 is 23.1 Å². The lowest BCUT2D eigenvalue weighted by atomic mass is 9.78. The Morgan fingerprint density at radius 1 is 1.00 bits per heavy atom. The molecule has 1 fully saturated rings. The Balaban J connectivity index is 1.96. The van der Waals surface area contributed by atoms with E-state index in [1.54, 1.807) is 11.3 Å². The van der Waals surface area contributed by atoms with Gasteiger partial charge in [0.05, 0.1) is 12.2 Å². The SMILES string of the molecule is CC(C)(C)c1cc(-c2csc(CN3CCSCC3)n2)cc(C(C)(C)C)c1O. The summed E-state index contributed by atoms with van der Waals surface area (Å²) in [6.07, 6.45) is 0. The molecular formula is C22H32N2OS2. The molecule has 1 aromatic carbocycles. The molecule has 2 heterocycles. The van der Waals surface area contributed by atoms with E-state index in [1.165, 1.54) is 16.5 Å². The van der Waals surface area contributed by atoms with E-state index in [2.05, 4.69) is 64.0 Å². The minimum Gasteiger partial charge on any atom is -0.507 e. The molecule has 1 N–H and O–H groups in total. The third-order valence-electron chi connectivity index (χ3n) is 5.04. The van der Waals surface area contributed by atoms with E-state index in [4.69, 9.17) is 4.98 Å². The highest BCUT2D eigenvalue weighted by Gasteiger charge is 2.27. The highest BCUT2D eigenvalue weighted by atomic mass is 32.2. The van der Waals surface area contributed by atoms with E-state index >= 15 is 0 Å². The van der Waals surface area contributed by atoms with Crippen LogP contribution in [0.3, 0.4) is 0 Å². The molecule has 0 aliphatic carbocycles. The van der Waals surface area contributed by atoms with Gasteiger partial charge in [0.2, 0.25) is 0 Å². The molecule has 3 rings (SSSR count). The number of phenols is 1. The highest BCUT2D eigenvalue weighted by molar-refractivity contribution is 7.99. The summed E-state index contributed by atoms with van der Waals surface area (Å²) >= 11 is 3.78. The summed E-state index contributed by atoms with van der Waals surface area (Å²) in [6.45, 7) is 16.2. The molecule has 0 atom stereocenters. The summed E-state index contributed by atoms with van der Waals surface area (Å²) in [7, 11) is 0. The van der Waals surface area contributed by atoms with Crippen molar-refractivity contribution < 1.29 is 5.11 Å². The quantitative estimate of drug-likeness (QED) is 0.716. The maximum absolute atomic E-state index is 10.9. The van der Waals surface area contributed by atoms with Gasteiger partial charge >= 0.3 is 0 Å². The highest BCUT2D eigenvalue weighted by Crippen LogP contribution is 2.42. The van der Waals surface area contributed by atoms with Gasteiger partial charge in [-0.1, -0.05) is 41.5 Å². The second-order valence-electron chi connectivity index (χ2n) is 9.43. The minimum atomic E-state index is -0.121. The summed E-state index contributed by atoms with van der Waals surface area (Å²) in [4.78, 5) is 7.44. The van der Waals surface area contributed by atoms with Crippen LogP contribution < -0.4 is 0 Å². The van der Waals surface area contributed by atoms with E-state index in [-0.39, 0.29) is 10.8 Å². The molecule has 0 bridgehead atoms. The van der Waals surface area contributed by atoms with Crippen LogP contribution in [-0.2, 0) is 17.4 Å². The second kappa shape index (κ2) is 7.76. The predicted octanol–water partition coefficient (Wildman–Crippen LogP) is 5.66. The maximum Gasteiger partial charge on any atom is 0.123 e. The molecule has 148 valence electrons. The molecule has 0 saturated carbocycles. The Labute approximate surface area is 172 Å². The lowest BCUT2D eigenvalue weighted by Gasteiger charge is -2.28. The average Bonchev–Trinajstić information content (AvgIpc) is 3.02. The fourth-order valence-corrected chi connectivity index (χ4v) is 5.22. The monoisotopic (exact) mass is 404 g/mol. The Kier molecular flexibility index (Phi) is 5.95. The van der Waals surface area contributed by atoms with Gasteiger partial charge in [-0.15, -0.1) is 11.3 Å². The molecule has 27 heavy (non-hydrogen) atoms. The van der Waals surface area contributed by atoms with E-state index in [9.17, 15) is 5.11 Å². The summed E-state index contributed by atoms with van der Waals surface area (Å²) in [5.74, 6) is 2.88. The first-order chi connectivity index (χ1) is 12.6. The van der Waals surface area contributed by atoms with E-state index in [0.717, 1.165) is 42.0 Å². The molecule has 0 amide bonds. The van der Waals surface area contributed by atoms with Gasteiger partial charge in [-0.25, -0.2) is 4.98 Å². The van der Waals surface area contributed by atoms with Crippen molar-refractivity contribution in [2.75, 3.05) is 24.6 Å². The molecule has 0 unspecified atom stereocenters. The molecular weight excluding hydrogens is 372 g/mol. The van der Waals surface area contributed by atoms with Crippen LogP contribution in [0.4, 0.5) is 0 Å². The molecule has 1 aliphatic heterocycles. The van der Waals surface area contributed by atoms with Crippen LogP contribution in [0.15, 0.2) is 17.5 Å². The number of hydrogen-bond donors (Lipinski definition) is 1. The van der Waals surface area contributed by atoms with Crippen molar-refractivity contribution in [1.29, 1.82) is 0 Å². The van der Waals surface area contributed by atoms with Gasteiger partial charge in [-0.3, -0.25) is 4.90 Å². The number of benzene rings is 1. The number of phenolic OH excluding ortho intramolecular Hbond substituents is 1. The van der Waals surface area contributed by atoms with E-state index < -0.39 is 0 Å². The number of nitrogens with zero attached hydrogens (tertiary/aromatic N) is 2. The van der Waals surface area contributed by atoms with Crippen molar-refractivity contribution in [3.63, 3.8) is 0 Å². The summed E-state index contributed by atoms with van der Waals surface area (Å²) in [6, 6.07) is 4.25. The number of aromatic hydroxyl groups is 1. The van der Waals surface area contributed by atoms with Gasteiger partial charge < -0.3 is 5.11 Å². The predicted molar refractivity (Wildman–Crippen MR) is 119 cm³/mol. The third-order valence-corrected chi connectivity index (χ3v) is 6.81. The van der Waals surface area contributed by atoms with Gasteiger partial charge in [0.1, 0.15) is 10.8 Å². The van der Waals surface area contributed by atoms with Crippen LogP contribution in [-0.4, -0.2) is 39.6 Å². The van der Waals surface area contributed by atoms with Crippen molar-refractivity contribution in [3.05, 3.63) is 33.6 Å². The molecule has 1 saturated heterocycles. The lowest BCUT2D eigenvalue weighted by Crippen LogP contribution is -2.31. The Morgan fingerprint density at radius 3 is 2.07 bits per heavy atom. The van der Waals surface area contributed by atoms with Gasteiger partial charge in [-0.2, -0.15) is 11.8 Å². The van der Waals surface area contributed by atoms with Crippen LogP contribution in [0.2, 0.25) is 0 Å². The molecule has 3 nitrogen and oxygen atoms in total. The number of aromatic nitrogens is 1. The van der Waals surface area contributed by atoms with Gasteiger partial charge in [0.15, 0.2) is 0 Å². The average molecular weight is 405 g/mol. The van der Waals surface area contributed by atoms with Crippen LogP contribution in [0.5, 0.6) is 5.75 Å². The van der Waals surface area contributed by atoms with Crippen LogP contribution in [0, 0.1) is 0 Å². The van der Waals surface area contributed by atoms with Crippen molar-refractivity contribution in [3.8, 4) is 17.0 Å². The minimum absolute atomic E-state index is 0.121. The first kappa shape index (κ1) is 20.7. The smallest absolute Gasteiger partial charge is 0.123 e. The fraction of sp³-hybridized carbons (Fsp3) is 0.591. The van der Waals surface area contributed by atoms with Crippen molar-refractivity contribution in [2.24, 2.45) is 0 Å². The normalized spacial score (nSPS) is 16.7. The molecule has 0 radical (unpaired) electrons. The Bertz CT molecular complexity index is 758. The topological polar surface area (TPSA) is 36.4 Å². The summed E-state index contributed by atoms with van der Waals surface area (Å²) in [5.41, 5.74) is 3.88. The van der Waals surface area contributed by atoms with E-state index in [1.807, 2.05) is 11.8 Å². The van der Waals surface area contributed by atoms with Gasteiger partial charge in [0.25, 0.3) is 0 Å². The first-order valence-corrected chi connectivity index (χ1v) is 11.7. The lowest BCUT2D eigenvalue weighted by molar-refractivity contribution is 0.294. The third kappa shape index (κ3) is 4.87. The number of hydrogen-bond acceptors (Lipinski definition) is 5. The number of thioether (sulfide) groups is 1. The Hall–Kier alpha value is -1.04. The number of thiazole rings is 1.